The van der Waals surface area contributed by atoms with Crippen LogP contribution in [0.1, 0.15) is 4.79 Å². The minimum absolute atomic E-state index is 0.0192. The van der Waals surface area contributed by atoms with Crippen LogP contribution in [0.3, 0.4) is 0 Å². The Kier molecular flexibility index (Phi) is 2.08. The number of anilines is 2. The first-order valence-electron chi connectivity index (χ1n) is 4.14. The molecule has 0 atom stereocenters. The second-order valence-corrected chi connectivity index (χ2v) is 2.95. The topological polar surface area (TPSA) is 118 Å². The van der Waals surface area contributed by atoms with Crippen molar-refractivity contribution in [3.8, 4) is 0 Å². The molecule has 15 heavy (non-hydrogen) atoms. The molecule has 2 rings (SSSR count). The van der Waals surface area contributed by atoms with Crippen LogP contribution in [0.2, 0.25) is 0 Å². The molecule has 0 aliphatic carbocycles. The molecule has 0 aromatic carbocycles. The summed E-state index contributed by atoms with van der Waals surface area (Å²) in [5.74, 6) is -0.000575. The largest absolute Gasteiger partial charge is 0.396 e. The van der Waals surface area contributed by atoms with Gasteiger partial charge in [0.2, 0.25) is 0 Å². The van der Waals surface area contributed by atoms with Crippen LogP contribution in [0.5, 0.6) is 0 Å². The van der Waals surface area contributed by atoms with Gasteiger partial charge in [0.1, 0.15) is 6.54 Å². The Morgan fingerprint density at radius 2 is 2.20 bits per heavy atom. The molecular formula is C7H9N7O. The van der Waals surface area contributed by atoms with Crippen molar-refractivity contribution in [1.82, 2.24) is 24.8 Å². The number of rotatable bonds is 2. The zero-order chi connectivity index (χ0) is 10.8. The van der Waals surface area contributed by atoms with Crippen LogP contribution in [0.15, 0.2) is 18.6 Å². The van der Waals surface area contributed by atoms with E-state index in [9.17, 15) is 4.79 Å². The SMILES string of the molecule is Nc1cnn(C(=O)Cn2cc(N)nn2)c1. The van der Waals surface area contributed by atoms with Gasteiger partial charge < -0.3 is 11.5 Å². The van der Waals surface area contributed by atoms with Gasteiger partial charge in [0.25, 0.3) is 5.91 Å². The van der Waals surface area contributed by atoms with Crippen LogP contribution in [0, 0.1) is 0 Å². The van der Waals surface area contributed by atoms with Gasteiger partial charge in [0.15, 0.2) is 5.82 Å². The average Bonchev–Trinajstić information content (AvgIpc) is 2.75. The number of nitrogens with two attached hydrogens (primary N) is 2. The minimum Gasteiger partial charge on any atom is -0.396 e. The Labute approximate surface area is 84.5 Å². The lowest BCUT2D eigenvalue weighted by molar-refractivity contribution is 0.0869. The fourth-order valence-corrected chi connectivity index (χ4v) is 1.07. The summed E-state index contributed by atoms with van der Waals surface area (Å²) in [5, 5.41) is 11.0. The molecule has 78 valence electrons. The molecule has 0 unspecified atom stereocenters. The minimum atomic E-state index is -0.267. The first-order valence-corrected chi connectivity index (χ1v) is 4.14. The predicted octanol–water partition coefficient (Wildman–Crippen LogP) is -1.02. The van der Waals surface area contributed by atoms with Gasteiger partial charge in [-0.25, -0.2) is 9.36 Å². The van der Waals surface area contributed by atoms with E-state index in [2.05, 4.69) is 15.4 Å². The van der Waals surface area contributed by atoms with Gasteiger partial charge in [-0.05, 0) is 0 Å². The first kappa shape index (κ1) is 9.19. The molecule has 0 amide bonds. The van der Waals surface area contributed by atoms with Gasteiger partial charge in [-0.1, -0.05) is 5.21 Å². The van der Waals surface area contributed by atoms with Crippen LogP contribution in [0.4, 0.5) is 11.5 Å². The van der Waals surface area contributed by atoms with E-state index in [1.54, 1.807) is 0 Å². The lowest BCUT2D eigenvalue weighted by Crippen LogP contribution is -2.18. The lowest BCUT2D eigenvalue weighted by atomic mass is 10.5. The summed E-state index contributed by atoms with van der Waals surface area (Å²) in [4.78, 5) is 11.6. The second-order valence-electron chi connectivity index (χ2n) is 2.95. The molecule has 0 bridgehead atoms. The summed E-state index contributed by atoms with van der Waals surface area (Å²) in [6.45, 7) is 0.0192. The van der Waals surface area contributed by atoms with Crippen molar-refractivity contribution in [3.63, 3.8) is 0 Å². The molecule has 2 heterocycles. The zero-order valence-corrected chi connectivity index (χ0v) is 7.74. The van der Waals surface area contributed by atoms with E-state index in [0.29, 0.717) is 5.69 Å². The van der Waals surface area contributed by atoms with Gasteiger partial charge in [-0.15, -0.1) is 5.10 Å². The van der Waals surface area contributed by atoms with Crippen LogP contribution < -0.4 is 11.5 Å². The monoisotopic (exact) mass is 207 g/mol. The van der Waals surface area contributed by atoms with Gasteiger partial charge in [0, 0.05) is 0 Å². The third-order valence-corrected chi connectivity index (χ3v) is 1.71. The van der Waals surface area contributed by atoms with Gasteiger partial charge in [-0.3, -0.25) is 4.79 Å². The maximum atomic E-state index is 11.6. The van der Waals surface area contributed by atoms with Crippen molar-refractivity contribution in [3.05, 3.63) is 18.6 Å². The Hall–Kier alpha value is -2.38. The Morgan fingerprint density at radius 1 is 1.40 bits per heavy atom. The summed E-state index contributed by atoms with van der Waals surface area (Å²) in [7, 11) is 0. The van der Waals surface area contributed by atoms with E-state index < -0.39 is 0 Å². The molecule has 2 aromatic rings. The molecule has 0 fully saturated rings. The molecular weight excluding hydrogens is 198 g/mol. The van der Waals surface area contributed by atoms with Crippen molar-refractivity contribution in [2.24, 2.45) is 0 Å². The molecule has 0 radical (unpaired) electrons. The highest BCUT2D eigenvalue weighted by molar-refractivity contribution is 5.78. The maximum absolute atomic E-state index is 11.6. The third kappa shape index (κ3) is 1.93. The van der Waals surface area contributed by atoms with Gasteiger partial charge in [-0.2, -0.15) is 5.10 Å². The molecule has 0 aliphatic rings. The molecule has 0 saturated heterocycles. The maximum Gasteiger partial charge on any atom is 0.268 e. The van der Waals surface area contributed by atoms with E-state index >= 15 is 0 Å². The van der Waals surface area contributed by atoms with Gasteiger partial charge in [0.05, 0.1) is 24.3 Å². The summed E-state index contributed by atoms with van der Waals surface area (Å²) >= 11 is 0. The number of nitrogen functional groups attached to an aromatic ring is 2. The fraction of sp³-hybridized carbons (Fsp3) is 0.143. The number of aromatic nitrogens is 5. The molecule has 2 aromatic heterocycles. The Bertz CT molecular complexity index is 485. The number of carbonyl (C=O) groups is 1. The third-order valence-electron chi connectivity index (χ3n) is 1.71. The summed E-state index contributed by atoms with van der Waals surface area (Å²) in [6.07, 6.45) is 4.29. The first-order chi connectivity index (χ1) is 7.15. The van der Waals surface area contributed by atoms with Crippen molar-refractivity contribution >= 4 is 17.4 Å². The molecule has 0 saturated carbocycles. The fourth-order valence-electron chi connectivity index (χ4n) is 1.07. The van der Waals surface area contributed by atoms with Crippen molar-refractivity contribution in [2.45, 2.75) is 6.54 Å². The lowest BCUT2D eigenvalue weighted by Gasteiger charge is -1.98. The predicted molar refractivity (Wildman–Crippen MR) is 51.7 cm³/mol. The normalized spacial score (nSPS) is 10.4. The van der Waals surface area contributed by atoms with E-state index in [4.69, 9.17) is 11.5 Å². The zero-order valence-electron chi connectivity index (χ0n) is 7.74. The molecule has 8 heteroatoms. The molecule has 8 nitrogen and oxygen atoms in total. The van der Waals surface area contributed by atoms with E-state index in [0.717, 1.165) is 4.68 Å². The average molecular weight is 207 g/mol. The van der Waals surface area contributed by atoms with E-state index in [1.807, 2.05) is 0 Å². The van der Waals surface area contributed by atoms with Crippen LogP contribution in [0.25, 0.3) is 0 Å². The highest BCUT2D eigenvalue weighted by atomic mass is 16.2. The summed E-state index contributed by atoms with van der Waals surface area (Å²) < 4.78 is 2.47. The summed E-state index contributed by atoms with van der Waals surface area (Å²) in [6, 6.07) is 0. The van der Waals surface area contributed by atoms with Crippen LogP contribution in [-0.2, 0) is 6.54 Å². The van der Waals surface area contributed by atoms with Crippen molar-refractivity contribution < 1.29 is 4.79 Å². The molecule has 4 N–H and O–H groups in total. The molecule has 0 spiro atoms. The van der Waals surface area contributed by atoms with Gasteiger partial charge >= 0.3 is 0 Å². The second kappa shape index (κ2) is 3.40. The summed E-state index contributed by atoms with van der Waals surface area (Å²) in [5.41, 5.74) is 11.2. The number of nitrogens with zero attached hydrogens (tertiary/aromatic N) is 5. The highest BCUT2D eigenvalue weighted by Gasteiger charge is 2.08. The Balaban J connectivity index is 2.10. The number of hydrogen-bond donors (Lipinski definition) is 2. The smallest absolute Gasteiger partial charge is 0.268 e. The van der Waals surface area contributed by atoms with Crippen LogP contribution >= 0.6 is 0 Å². The standard InChI is InChI=1S/C7H9N7O/c8-5-1-10-14(2-5)7(15)4-13-3-6(9)11-12-13/h1-3H,4,8-9H2. The van der Waals surface area contributed by atoms with Crippen molar-refractivity contribution in [1.29, 1.82) is 0 Å². The molecule has 0 aliphatic heterocycles. The number of carbonyl (C=O) groups excluding carboxylic acids is 1. The number of hydrogen-bond acceptors (Lipinski definition) is 6. The van der Waals surface area contributed by atoms with E-state index in [1.165, 1.54) is 23.3 Å². The quantitative estimate of drug-likeness (QED) is 0.650. The van der Waals surface area contributed by atoms with Crippen LogP contribution in [-0.4, -0.2) is 30.7 Å². The highest BCUT2D eigenvalue weighted by Crippen LogP contribution is 1.99. The van der Waals surface area contributed by atoms with Crippen molar-refractivity contribution in [2.75, 3.05) is 11.5 Å². The Morgan fingerprint density at radius 3 is 2.73 bits per heavy atom. The van der Waals surface area contributed by atoms with E-state index in [-0.39, 0.29) is 18.3 Å².